The minimum absolute atomic E-state index is 0.0281. The predicted molar refractivity (Wildman–Crippen MR) is 105 cm³/mol. The van der Waals surface area contributed by atoms with Crippen molar-refractivity contribution < 1.29 is 27.6 Å². The standard InChI is InChI=1S/C20H18N2O6S/c1-11(23)7-19(25)21-13-3-5-15-16-6-4-14(22-20(26)8-12(2)24)10-18(16)29(27,28)17(15)9-13/h3-6,9-10H,7-8H2,1-2H3,(H,21,25)(H,22,26). The number of amides is 2. The van der Waals surface area contributed by atoms with Crippen LogP contribution in [-0.4, -0.2) is 31.8 Å². The molecule has 1 heterocycles. The Morgan fingerprint density at radius 1 is 0.724 bits per heavy atom. The molecule has 0 unspecified atom stereocenters. The van der Waals surface area contributed by atoms with Crippen LogP contribution in [0.1, 0.15) is 26.7 Å². The minimum Gasteiger partial charge on any atom is -0.326 e. The zero-order valence-corrected chi connectivity index (χ0v) is 16.6. The number of hydrogen-bond acceptors (Lipinski definition) is 6. The quantitative estimate of drug-likeness (QED) is 0.596. The smallest absolute Gasteiger partial charge is 0.231 e. The average molecular weight is 414 g/mol. The number of benzene rings is 2. The Kier molecular flexibility index (Phi) is 5.34. The molecule has 0 atom stereocenters. The lowest BCUT2D eigenvalue weighted by molar-refractivity contribution is -0.125. The molecule has 1 aliphatic heterocycles. The van der Waals surface area contributed by atoms with Gasteiger partial charge in [0.15, 0.2) is 0 Å². The molecule has 0 spiro atoms. The molecule has 1 aliphatic rings. The summed E-state index contributed by atoms with van der Waals surface area (Å²) in [7, 11) is -3.86. The highest BCUT2D eigenvalue weighted by molar-refractivity contribution is 7.92. The fourth-order valence-electron chi connectivity index (χ4n) is 3.07. The Balaban J connectivity index is 1.92. The lowest BCUT2D eigenvalue weighted by atomic mass is 10.0. The summed E-state index contributed by atoms with van der Waals surface area (Å²) in [5.41, 5.74) is 1.49. The summed E-state index contributed by atoms with van der Waals surface area (Å²) in [6.45, 7) is 2.58. The van der Waals surface area contributed by atoms with Crippen molar-refractivity contribution in [2.24, 2.45) is 0 Å². The number of hydrogen-bond donors (Lipinski definition) is 2. The van der Waals surface area contributed by atoms with Gasteiger partial charge in [-0.15, -0.1) is 0 Å². The second-order valence-corrected chi connectivity index (χ2v) is 8.67. The van der Waals surface area contributed by atoms with Crippen molar-refractivity contribution >= 4 is 44.6 Å². The first kappa shape index (κ1) is 20.4. The zero-order valence-electron chi connectivity index (χ0n) is 15.7. The van der Waals surface area contributed by atoms with Crippen LogP contribution >= 0.6 is 0 Å². The second-order valence-electron chi connectivity index (χ2n) is 6.78. The molecule has 0 saturated carbocycles. The van der Waals surface area contributed by atoms with E-state index in [1.807, 2.05) is 0 Å². The number of ketones is 2. The molecule has 0 aliphatic carbocycles. The average Bonchev–Trinajstić information content (AvgIpc) is 2.81. The van der Waals surface area contributed by atoms with Crippen molar-refractivity contribution in [2.45, 2.75) is 36.5 Å². The maximum atomic E-state index is 13.0. The maximum Gasteiger partial charge on any atom is 0.231 e. The van der Waals surface area contributed by atoms with Gasteiger partial charge in [-0.3, -0.25) is 19.2 Å². The van der Waals surface area contributed by atoms with E-state index < -0.39 is 21.7 Å². The molecule has 29 heavy (non-hydrogen) atoms. The highest BCUT2D eigenvalue weighted by atomic mass is 32.2. The third-order valence-electron chi connectivity index (χ3n) is 4.22. The van der Waals surface area contributed by atoms with Crippen molar-refractivity contribution in [1.29, 1.82) is 0 Å². The monoisotopic (exact) mass is 414 g/mol. The Morgan fingerprint density at radius 3 is 1.45 bits per heavy atom. The van der Waals surface area contributed by atoms with Gasteiger partial charge in [0, 0.05) is 22.5 Å². The van der Waals surface area contributed by atoms with Gasteiger partial charge < -0.3 is 10.6 Å². The largest absolute Gasteiger partial charge is 0.326 e. The van der Waals surface area contributed by atoms with E-state index in [2.05, 4.69) is 10.6 Å². The van der Waals surface area contributed by atoms with Crippen molar-refractivity contribution in [3.63, 3.8) is 0 Å². The normalized spacial score (nSPS) is 13.2. The summed E-state index contributed by atoms with van der Waals surface area (Å²) in [6.07, 6.45) is -0.596. The first-order valence-corrected chi connectivity index (χ1v) is 10.2. The van der Waals surface area contributed by atoms with Crippen molar-refractivity contribution in [1.82, 2.24) is 0 Å². The number of rotatable bonds is 6. The van der Waals surface area contributed by atoms with Crippen LogP contribution in [-0.2, 0) is 29.0 Å². The number of sulfone groups is 1. The summed E-state index contributed by atoms with van der Waals surface area (Å²) < 4.78 is 25.9. The van der Waals surface area contributed by atoms with E-state index in [1.54, 1.807) is 24.3 Å². The Morgan fingerprint density at radius 2 is 1.10 bits per heavy atom. The number of anilines is 2. The summed E-state index contributed by atoms with van der Waals surface area (Å²) in [5, 5.41) is 5.02. The van der Waals surface area contributed by atoms with Crippen molar-refractivity contribution in [3.8, 4) is 11.1 Å². The van der Waals surface area contributed by atoms with E-state index in [9.17, 15) is 27.6 Å². The van der Waals surface area contributed by atoms with Gasteiger partial charge in [0.1, 0.15) is 11.6 Å². The molecular formula is C20H18N2O6S. The Labute approximate surface area is 167 Å². The van der Waals surface area contributed by atoms with Crippen LogP contribution in [0.2, 0.25) is 0 Å². The van der Waals surface area contributed by atoms with Gasteiger partial charge in [-0.05, 0) is 38.1 Å². The fraction of sp³-hybridized carbons (Fsp3) is 0.200. The molecule has 2 aromatic carbocycles. The van der Waals surface area contributed by atoms with Gasteiger partial charge in [-0.1, -0.05) is 12.1 Å². The van der Waals surface area contributed by atoms with Gasteiger partial charge in [-0.2, -0.15) is 0 Å². The lowest BCUT2D eigenvalue weighted by Crippen LogP contribution is -2.15. The number of fused-ring (bicyclic) bond motifs is 3. The number of carbonyl (C=O) groups is 4. The molecule has 0 aromatic heterocycles. The fourth-order valence-corrected chi connectivity index (χ4v) is 4.81. The lowest BCUT2D eigenvalue weighted by Gasteiger charge is -2.06. The molecular weight excluding hydrogens is 396 g/mol. The Hall–Kier alpha value is -3.33. The van der Waals surface area contributed by atoms with E-state index >= 15 is 0 Å². The molecule has 3 rings (SSSR count). The first-order chi connectivity index (χ1) is 13.6. The second kappa shape index (κ2) is 7.59. The van der Waals surface area contributed by atoms with Crippen LogP contribution in [0.3, 0.4) is 0 Å². The number of Topliss-reactive ketones (excluding diaryl/α,β-unsaturated/α-hetero) is 2. The predicted octanol–water partition coefficient (Wildman–Crippen LogP) is 2.33. The topological polar surface area (TPSA) is 126 Å². The van der Waals surface area contributed by atoms with E-state index in [1.165, 1.54) is 26.0 Å². The third kappa shape index (κ3) is 4.24. The summed E-state index contributed by atoms with van der Waals surface area (Å²) in [6, 6.07) is 8.97. The molecule has 150 valence electrons. The maximum absolute atomic E-state index is 13.0. The van der Waals surface area contributed by atoms with Gasteiger partial charge in [0.25, 0.3) is 0 Å². The van der Waals surface area contributed by atoms with Crippen LogP contribution < -0.4 is 10.6 Å². The molecule has 9 heteroatoms. The van der Waals surface area contributed by atoms with Crippen LogP contribution in [0.25, 0.3) is 11.1 Å². The summed E-state index contributed by atoms with van der Waals surface area (Å²) in [5.74, 6) is -1.66. The molecule has 0 fully saturated rings. The minimum atomic E-state index is -3.86. The molecule has 2 aromatic rings. The van der Waals surface area contributed by atoms with Crippen molar-refractivity contribution in [2.75, 3.05) is 10.6 Å². The Bertz CT molecular complexity index is 1080. The van der Waals surface area contributed by atoms with E-state index in [0.29, 0.717) is 11.1 Å². The first-order valence-electron chi connectivity index (χ1n) is 8.70. The van der Waals surface area contributed by atoms with Crippen molar-refractivity contribution in [3.05, 3.63) is 36.4 Å². The summed E-state index contributed by atoms with van der Waals surface area (Å²) in [4.78, 5) is 45.7. The highest BCUT2D eigenvalue weighted by Gasteiger charge is 2.33. The van der Waals surface area contributed by atoms with Crippen LogP contribution in [0.15, 0.2) is 46.2 Å². The molecule has 0 bridgehead atoms. The molecule has 0 saturated heterocycles. The van der Waals surface area contributed by atoms with E-state index in [0.717, 1.165) is 0 Å². The summed E-state index contributed by atoms with van der Waals surface area (Å²) >= 11 is 0. The third-order valence-corrected chi connectivity index (χ3v) is 6.05. The van der Waals surface area contributed by atoms with Gasteiger partial charge in [0.05, 0.1) is 22.6 Å². The van der Waals surface area contributed by atoms with E-state index in [4.69, 9.17) is 0 Å². The van der Waals surface area contributed by atoms with Gasteiger partial charge in [0.2, 0.25) is 21.7 Å². The molecule has 0 radical (unpaired) electrons. The number of nitrogens with one attached hydrogen (secondary N) is 2. The molecule has 8 nitrogen and oxygen atoms in total. The highest BCUT2D eigenvalue weighted by Crippen LogP contribution is 2.45. The van der Waals surface area contributed by atoms with Gasteiger partial charge >= 0.3 is 0 Å². The zero-order chi connectivity index (χ0) is 21.3. The SMILES string of the molecule is CC(=O)CC(=O)Nc1ccc2c(c1)S(=O)(=O)c1cc(NC(=O)CC(C)=O)ccc1-2. The number of carbonyl (C=O) groups excluding carboxylic acids is 4. The van der Waals surface area contributed by atoms with Crippen LogP contribution in [0.4, 0.5) is 11.4 Å². The molecule has 2 N–H and O–H groups in total. The van der Waals surface area contributed by atoms with Crippen LogP contribution in [0.5, 0.6) is 0 Å². The van der Waals surface area contributed by atoms with E-state index in [-0.39, 0.29) is 45.6 Å². The van der Waals surface area contributed by atoms with Gasteiger partial charge in [-0.25, -0.2) is 8.42 Å². The van der Waals surface area contributed by atoms with Crippen LogP contribution in [0, 0.1) is 0 Å². The molecule has 2 amide bonds.